The second kappa shape index (κ2) is 6.25. The van der Waals surface area contributed by atoms with E-state index in [0.29, 0.717) is 11.5 Å². The van der Waals surface area contributed by atoms with Crippen molar-refractivity contribution in [3.63, 3.8) is 0 Å². The van der Waals surface area contributed by atoms with Gasteiger partial charge in [-0.1, -0.05) is 38.1 Å². The van der Waals surface area contributed by atoms with Crippen LogP contribution in [-0.4, -0.2) is 0 Å². The van der Waals surface area contributed by atoms with E-state index in [1.165, 1.54) is 11.1 Å². The normalized spacial score (nSPS) is 11.9. The molecule has 2 nitrogen and oxygen atoms in total. The molecule has 102 valence electrons. The van der Waals surface area contributed by atoms with Gasteiger partial charge < -0.3 is 5.32 Å². The molecule has 0 aliphatic rings. The molecule has 0 aliphatic heterocycles. The van der Waals surface area contributed by atoms with Gasteiger partial charge in [0.1, 0.15) is 0 Å². The summed E-state index contributed by atoms with van der Waals surface area (Å²) in [7, 11) is 0. The van der Waals surface area contributed by atoms with Gasteiger partial charge >= 0.3 is 0 Å². The Hall–Kier alpha value is -2.27. The van der Waals surface area contributed by atoms with E-state index in [0.717, 1.165) is 5.69 Å². The fourth-order valence-electron chi connectivity index (χ4n) is 2.17. The Morgan fingerprint density at radius 2 is 1.65 bits per heavy atom. The minimum Gasteiger partial charge on any atom is -0.379 e. The minimum absolute atomic E-state index is 0.213. The van der Waals surface area contributed by atoms with Gasteiger partial charge in [0, 0.05) is 11.7 Å². The van der Waals surface area contributed by atoms with Gasteiger partial charge in [-0.15, -0.1) is 0 Å². The maximum atomic E-state index is 8.82. The molecular formula is C18H20N2. The van der Waals surface area contributed by atoms with Crippen LogP contribution >= 0.6 is 0 Å². The van der Waals surface area contributed by atoms with Crippen LogP contribution in [0.15, 0.2) is 48.5 Å². The van der Waals surface area contributed by atoms with Crippen molar-refractivity contribution in [1.82, 2.24) is 0 Å². The molecule has 2 rings (SSSR count). The Labute approximate surface area is 121 Å². The highest BCUT2D eigenvalue weighted by molar-refractivity contribution is 5.48. The molecule has 0 aliphatic carbocycles. The van der Waals surface area contributed by atoms with Crippen LogP contribution < -0.4 is 5.32 Å². The van der Waals surface area contributed by atoms with Crippen molar-refractivity contribution in [3.8, 4) is 6.07 Å². The Morgan fingerprint density at radius 3 is 2.25 bits per heavy atom. The van der Waals surface area contributed by atoms with E-state index in [1.807, 2.05) is 24.3 Å². The summed E-state index contributed by atoms with van der Waals surface area (Å²) in [5.41, 5.74) is 4.34. The lowest BCUT2D eigenvalue weighted by atomic mass is 10.0. The monoisotopic (exact) mass is 264 g/mol. The second-order valence-electron chi connectivity index (χ2n) is 5.38. The molecule has 0 saturated carbocycles. The van der Waals surface area contributed by atoms with Crippen molar-refractivity contribution in [2.24, 2.45) is 0 Å². The van der Waals surface area contributed by atoms with Gasteiger partial charge in [-0.25, -0.2) is 0 Å². The number of rotatable bonds is 4. The van der Waals surface area contributed by atoms with Gasteiger partial charge in [-0.3, -0.25) is 0 Å². The van der Waals surface area contributed by atoms with Crippen molar-refractivity contribution >= 4 is 5.69 Å². The Bertz CT molecular complexity index is 606. The smallest absolute Gasteiger partial charge is 0.0991 e. The van der Waals surface area contributed by atoms with Gasteiger partial charge in [-0.05, 0) is 48.2 Å². The van der Waals surface area contributed by atoms with Crippen molar-refractivity contribution in [1.29, 1.82) is 5.26 Å². The van der Waals surface area contributed by atoms with Crippen LogP contribution in [0.5, 0.6) is 0 Å². The van der Waals surface area contributed by atoms with E-state index >= 15 is 0 Å². The first-order valence-corrected chi connectivity index (χ1v) is 6.96. The van der Waals surface area contributed by atoms with Gasteiger partial charge in [-0.2, -0.15) is 5.26 Å². The van der Waals surface area contributed by atoms with E-state index in [4.69, 9.17) is 5.26 Å². The molecule has 1 unspecified atom stereocenters. The van der Waals surface area contributed by atoms with Crippen LogP contribution in [0, 0.1) is 11.3 Å². The lowest BCUT2D eigenvalue weighted by molar-refractivity contribution is 0.858. The lowest BCUT2D eigenvalue weighted by Gasteiger charge is -2.17. The van der Waals surface area contributed by atoms with Gasteiger partial charge in [0.15, 0.2) is 0 Å². The molecular weight excluding hydrogens is 244 g/mol. The molecule has 2 heteroatoms. The van der Waals surface area contributed by atoms with Crippen LogP contribution in [0.3, 0.4) is 0 Å². The molecule has 0 heterocycles. The summed E-state index contributed by atoms with van der Waals surface area (Å²) in [4.78, 5) is 0. The molecule has 0 amide bonds. The molecule has 1 N–H and O–H groups in total. The molecule has 0 aromatic heterocycles. The van der Waals surface area contributed by atoms with Crippen LogP contribution in [0.2, 0.25) is 0 Å². The molecule has 2 aromatic rings. The maximum Gasteiger partial charge on any atom is 0.0991 e. The Morgan fingerprint density at radius 1 is 0.950 bits per heavy atom. The van der Waals surface area contributed by atoms with Crippen LogP contribution in [0.4, 0.5) is 5.69 Å². The average Bonchev–Trinajstić information content (AvgIpc) is 2.47. The number of benzene rings is 2. The summed E-state index contributed by atoms with van der Waals surface area (Å²) in [6.07, 6.45) is 0. The van der Waals surface area contributed by atoms with E-state index in [-0.39, 0.29) is 6.04 Å². The molecule has 0 saturated heterocycles. The van der Waals surface area contributed by atoms with Crippen molar-refractivity contribution in [2.75, 3.05) is 5.32 Å². The van der Waals surface area contributed by atoms with Crippen LogP contribution in [0.1, 0.15) is 49.4 Å². The standard InChI is InChI=1S/C18H20N2/c1-13(2)17-5-4-6-18(11-17)20-14(3)16-9-7-15(12-19)8-10-16/h4-11,13-14,20H,1-3H3. The van der Waals surface area contributed by atoms with Gasteiger partial charge in [0.25, 0.3) is 0 Å². The fourth-order valence-corrected chi connectivity index (χ4v) is 2.17. The predicted molar refractivity (Wildman–Crippen MR) is 83.7 cm³/mol. The first-order valence-electron chi connectivity index (χ1n) is 6.96. The molecule has 20 heavy (non-hydrogen) atoms. The van der Waals surface area contributed by atoms with Crippen LogP contribution in [0.25, 0.3) is 0 Å². The highest BCUT2D eigenvalue weighted by atomic mass is 14.9. The third kappa shape index (κ3) is 3.39. The SMILES string of the molecule is CC(C)c1cccc(NC(C)c2ccc(C#N)cc2)c1. The number of anilines is 1. The first-order chi connectivity index (χ1) is 9.60. The van der Waals surface area contributed by atoms with Crippen molar-refractivity contribution in [2.45, 2.75) is 32.7 Å². The first kappa shape index (κ1) is 14.1. The number of hydrogen-bond donors (Lipinski definition) is 1. The average molecular weight is 264 g/mol. The largest absolute Gasteiger partial charge is 0.379 e. The van der Waals surface area contributed by atoms with E-state index in [9.17, 15) is 0 Å². The number of nitrogens with zero attached hydrogens (tertiary/aromatic N) is 1. The topological polar surface area (TPSA) is 35.8 Å². The zero-order chi connectivity index (χ0) is 14.5. The van der Waals surface area contributed by atoms with Gasteiger partial charge in [0.05, 0.1) is 11.6 Å². The third-order valence-electron chi connectivity index (χ3n) is 3.48. The predicted octanol–water partition coefficient (Wildman–Crippen LogP) is 4.85. The number of hydrogen-bond acceptors (Lipinski definition) is 2. The van der Waals surface area contributed by atoms with E-state index in [2.05, 4.69) is 56.4 Å². The lowest BCUT2D eigenvalue weighted by Crippen LogP contribution is -2.06. The maximum absolute atomic E-state index is 8.82. The van der Waals surface area contributed by atoms with Gasteiger partial charge in [0.2, 0.25) is 0 Å². The van der Waals surface area contributed by atoms with E-state index in [1.54, 1.807) is 0 Å². The van der Waals surface area contributed by atoms with Crippen molar-refractivity contribution in [3.05, 3.63) is 65.2 Å². The zero-order valence-electron chi connectivity index (χ0n) is 12.2. The fraction of sp³-hybridized carbons (Fsp3) is 0.278. The number of nitriles is 1. The summed E-state index contributed by atoms with van der Waals surface area (Å²) in [5, 5.41) is 12.3. The summed E-state index contributed by atoms with van der Waals surface area (Å²) in [5.74, 6) is 0.530. The van der Waals surface area contributed by atoms with Crippen LogP contribution in [-0.2, 0) is 0 Å². The highest BCUT2D eigenvalue weighted by Gasteiger charge is 2.06. The molecule has 0 radical (unpaired) electrons. The quantitative estimate of drug-likeness (QED) is 0.856. The number of nitrogens with one attached hydrogen (secondary N) is 1. The molecule has 1 atom stereocenters. The summed E-state index contributed by atoms with van der Waals surface area (Å²) >= 11 is 0. The molecule has 0 bridgehead atoms. The Kier molecular flexibility index (Phi) is 4.42. The Balaban J connectivity index is 2.12. The molecule has 2 aromatic carbocycles. The second-order valence-corrected chi connectivity index (χ2v) is 5.38. The highest BCUT2D eigenvalue weighted by Crippen LogP contribution is 2.23. The molecule has 0 spiro atoms. The third-order valence-corrected chi connectivity index (χ3v) is 3.48. The minimum atomic E-state index is 0.213. The van der Waals surface area contributed by atoms with Crippen molar-refractivity contribution < 1.29 is 0 Å². The summed E-state index contributed by atoms with van der Waals surface area (Å²) in [6.45, 7) is 6.52. The van der Waals surface area contributed by atoms with E-state index < -0.39 is 0 Å². The zero-order valence-corrected chi connectivity index (χ0v) is 12.2. The molecule has 0 fully saturated rings. The summed E-state index contributed by atoms with van der Waals surface area (Å²) in [6, 6.07) is 18.6. The summed E-state index contributed by atoms with van der Waals surface area (Å²) < 4.78 is 0.